The van der Waals surface area contributed by atoms with Gasteiger partial charge in [0.15, 0.2) is 0 Å². The van der Waals surface area contributed by atoms with Crippen LogP contribution in [-0.2, 0) is 6.42 Å². The molecule has 0 aliphatic carbocycles. The summed E-state index contributed by atoms with van der Waals surface area (Å²) in [5, 5.41) is 0. The minimum Gasteiger partial charge on any atom is -0.397 e. The fourth-order valence-electron chi connectivity index (χ4n) is 3.79. The van der Waals surface area contributed by atoms with Crippen molar-refractivity contribution in [2.75, 3.05) is 39.0 Å². The van der Waals surface area contributed by atoms with Crippen LogP contribution in [0.25, 0.3) is 0 Å². The molecule has 0 spiro atoms. The smallest absolute Gasteiger partial charge is 0.0501 e. The first kappa shape index (κ1) is 13.8. The summed E-state index contributed by atoms with van der Waals surface area (Å²) >= 11 is 0. The van der Waals surface area contributed by atoms with Crippen molar-refractivity contribution in [2.45, 2.75) is 31.7 Å². The summed E-state index contributed by atoms with van der Waals surface area (Å²) in [6, 6.07) is 4.83. The van der Waals surface area contributed by atoms with Crippen molar-refractivity contribution in [3.63, 3.8) is 0 Å². The molecule has 2 atom stereocenters. The second kappa shape index (κ2) is 6.10. The molecule has 2 fully saturated rings. The molecule has 0 bridgehead atoms. The zero-order valence-corrected chi connectivity index (χ0v) is 12.5. The predicted octanol–water partition coefficient (Wildman–Crippen LogP) is 1.62. The van der Waals surface area contributed by atoms with Gasteiger partial charge in [-0.3, -0.25) is 4.98 Å². The Morgan fingerprint density at radius 1 is 1.30 bits per heavy atom. The minimum atomic E-state index is 0.750. The lowest BCUT2D eigenvalue weighted by Crippen LogP contribution is -2.52. The summed E-state index contributed by atoms with van der Waals surface area (Å²) < 4.78 is 0. The first-order valence-corrected chi connectivity index (χ1v) is 7.85. The van der Waals surface area contributed by atoms with E-state index in [0.29, 0.717) is 0 Å². The van der Waals surface area contributed by atoms with E-state index in [9.17, 15) is 0 Å². The molecule has 4 heteroatoms. The number of anilines is 1. The zero-order chi connectivity index (χ0) is 13.9. The molecule has 1 aromatic rings. The molecule has 2 unspecified atom stereocenters. The van der Waals surface area contributed by atoms with Crippen molar-refractivity contribution in [2.24, 2.45) is 5.92 Å². The van der Waals surface area contributed by atoms with Gasteiger partial charge in [0.1, 0.15) is 0 Å². The molecule has 3 rings (SSSR count). The molecule has 2 aliphatic heterocycles. The van der Waals surface area contributed by atoms with Crippen LogP contribution in [-0.4, -0.2) is 54.1 Å². The van der Waals surface area contributed by atoms with E-state index in [1.54, 1.807) is 6.20 Å². The van der Waals surface area contributed by atoms with Crippen LogP contribution < -0.4 is 5.73 Å². The van der Waals surface area contributed by atoms with Crippen LogP contribution in [0.4, 0.5) is 5.69 Å². The Balaban J connectivity index is 1.51. The lowest BCUT2D eigenvalue weighted by atomic mass is 9.84. The topological polar surface area (TPSA) is 45.4 Å². The maximum atomic E-state index is 5.67. The lowest BCUT2D eigenvalue weighted by Gasteiger charge is -2.46. The van der Waals surface area contributed by atoms with Crippen LogP contribution >= 0.6 is 0 Å². The molecular weight excluding hydrogens is 248 g/mol. The highest BCUT2D eigenvalue weighted by Crippen LogP contribution is 2.29. The second-order valence-corrected chi connectivity index (χ2v) is 6.37. The number of piperidine rings is 2. The van der Waals surface area contributed by atoms with Gasteiger partial charge in [-0.2, -0.15) is 0 Å². The molecule has 0 amide bonds. The monoisotopic (exact) mass is 274 g/mol. The predicted molar refractivity (Wildman–Crippen MR) is 82.6 cm³/mol. The van der Waals surface area contributed by atoms with Gasteiger partial charge in [-0.1, -0.05) is 0 Å². The maximum absolute atomic E-state index is 5.67. The van der Waals surface area contributed by atoms with E-state index in [-0.39, 0.29) is 0 Å². The number of fused-ring (bicyclic) bond motifs is 1. The summed E-state index contributed by atoms with van der Waals surface area (Å²) in [5.41, 5.74) is 7.58. The highest BCUT2D eigenvalue weighted by Gasteiger charge is 2.33. The van der Waals surface area contributed by atoms with Crippen molar-refractivity contribution in [3.8, 4) is 0 Å². The fourth-order valence-corrected chi connectivity index (χ4v) is 3.79. The fraction of sp³-hybridized carbons (Fsp3) is 0.688. The quantitative estimate of drug-likeness (QED) is 0.910. The molecule has 110 valence electrons. The van der Waals surface area contributed by atoms with E-state index < -0.39 is 0 Å². The van der Waals surface area contributed by atoms with Gasteiger partial charge in [0.05, 0.1) is 11.9 Å². The normalized spacial score (nSPS) is 28.2. The van der Waals surface area contributed by atoms with Gasteiger partial charge in [0, 0.05) is 31.2 Å². The van der Waals surface area contributed by atoms with Crippen LogP contribution in [0.5, 0.6) is 0 Å². The Morgan fingerprint density at radius 3 is 3.00 bits per heavy atom. The number of likely N-dealkylation sites (tertiary alicyclic amines) is 2. The summed E-state index contributed by atoms with van der Waals surface area (Å²) in [6.07, 6.45) is 6.90. The number of nitrogens with two attached hydrogens (primary N) is 1. The van der Waals surface area contributed by atoms with Crippen LogP contribution in [0.15, 0.2) is 18.3 Å². The molecule has 0 radical (unpaired) electrons. The number of nitrogens with zero attached hydrogens (tertiary/aromatic N) is 3. The van der Waals surface area contributed by atoms with Crippen LogP contribution in [0.3, 0.4) is 0 Å². The number of pyridine rings is 1. The minimum absolute atomic E-state index is 0.750. The van der Waals surface area contributed by atoms with Gasteiger partial charge in [-0.15, -0.1) is 0 Å². The van der Waals surface area contributed by atoms with E-state index in [1.165, 1.54) is 38.9 Å². The summed E-state index contributed by atoms with van der Waals surface area (Å²) in [4.78, 5) is 9.60. The molecule has 3 heterocycles. The maximum Gasteiger partial charge on any atom is 0.0501 e. The van der Waals surface area contributed by atoms with Gasteiger partial charge in [-0.05, 0) is 57.5 Å². The zero-order valence-electron chi connectivity index (χ0n) is 12.5. The van der Waals surface area contributed by atoms with E-state index >= 15 is 0 Å². The van der Waals surface area contributed by atoms with Crippen LogP contribution in [0.1, 0.15) is 25.0 Å². The average molecular weight is 274 g/mol. The number of aromatic nitrogens is 1. The van der Waals surface area contributed by atoms with Gasteiger partial charge < -0.3 is 15.5 Å². The number of nitrogen functional groups attached to an aromatic ring is 1. The Bertz CT molecular complexity index is 431. The first-order valence-electron chi connectivity index (χ1n) is 7.85. The molecule has 2 aliphatic rings. The van der Waals surface area contributed by atoms with Crippen LogP contribution in [0, 0.1) is 5.92 Å². The van der Waals surface area contributed by atoms with E-state index in [1.807, 2.05) is 6.07 Å². The Morgan fingerprint density at radius 2 is 2.20 bits per heavy atom. The second-order valence-electron chi connectivity index (χ2n) is 6.37. The molecule has 20 heavy (non-hydrogen) atoms. The van der Waals surface area contributed by atoms with Crippen molar-refractivity contribution < 1.29 is 0 Å². The molecule has 0 aromatic carbocycles. The standard InChI is InChI=1S/C16H26N4/c1-19-8-2-3-13-12-20(10-7-16(13)19)9-6-15-5-4-14(17)11-18-15/h4-5,11,13,16H,2-3,6-10,12,17H2,1H3. The van der Waals surface area contributed by atoms with Gasteiger partial charge in [0.2, 0.25) is 0 Å². The van der Waals surface area contributed by atoms with Gasteiger partial charge >= 0.3 is 0 Å². The van der Waals surface area contributed by atoms with Gasteiger partial charge in [0.25, 0.3) is 0 Å². The highest BCUT2D eigenvalue weighted by molar-refractivity contribution is 5.34. The van der Waals surface area contributed by atoms with Crippen molar-refractivity contribution in [3.05, 3.63) is 24.0 Å². The first-order chi connectivity index (χ1) is 9.72. The Labute approximate surface area is 122 Å². The highest BCUT2D eigenvalue weighted by atomic mass is 15.2. The Hall–Kier alpha value is -1.13. The molecular formula is C16H26N4. The van der Waals surface area contributed by atoms with E-state index in [0.717, 1.165) is 36.3 Å². The molecule has 2 saturated heterocycles. The third-order valence-electron chi connectivity index (χ3n) is 4.96. The van der Waals surface area contributed by atoms with Crippen LogP contribution in [0.2, 0.25) is 0 Å². The summed E-state index contributed by atoms with van der Waals surface area (Å²) in [6.45, 7) is 4.92. The third-order valence-corrected chi connectivity index (χ3v) is 4.96. The number of rotatable bonds is 3. The van der Waals surface area contributed by atoms with Crippen molar-refractivity contribution in [1.82, 2.24) is 14.8 Å². The average Bonchev–Trinajstić information content (AvgIpc) is 2.47. The van der Waals surface area contributed by atoms with E-state index in [4.69, 9.17) is 5.73 Å². The SMILES string of the molecule is CN1CCCC2CN(CCc3ccc(N)cn3)CCC21. The largest absolute Gasteiger partial charge is 0.397 e. The molecule has 1 aromatic heterocycles. The summed E-state index contributed by atoms with van der Waals surface area (Å²) in [7, 11) is 2.30. The lowest BCUT2D eigenvalue weighted by molar-refractivity contribution is 0.0390. The number of hydrogen-bond acceptors (Lipinski definition) is 4. The Kier molecular flexibility index (Phi) is 4.22. The van der Waals surface area contributed by atoms with Crippen molar-refractivity contribution >= 4 is 5.69 Å². The molecule has 0 saturated carbocycles. The molecule has 4 nitrogen and oxygen atoms in total. The van der Waals surface area contributed by atoms with Gasteiger partial charge in [-0.25, -0.2) is 0 Å². The molecule has 2 N–H and O–H groups in total. The third kappa shape index (κ3) is 3.13. The van der Waals surface area contributed by atoms with Crippen molar-refractivity contribution in [1.29, 1.82) is 0 Å². The summed E-state index contributed by atoms with van der Waals surface area (Å²) in [5.74, 6) is 0.877. The van der Waals surface area contributed by atoms with E-state index in [2.05, 4.69) is 27.9 Å². The number of hydrogen-bond donors (Lipinski definition) is 1.